The summed E-state index contributed by atoms with van der Waals surface area (Å²) >= 11 is 0. The van der Waals surface area contributed by atoms with Gasteiger partial charge in [0.2, 0.25) is 11.8 Å². The molecule has 1 atom stereocenters. The average Bonchev–Trinajstić information content (AvgIpc) is 3.18. The summed E-state index contributed by atoms with van der Waals surface area (Å²) in [6, 6.07) is 15.7. The number of hydrogen-bond donors (Lipinski definition) is 1. The summed E-state index contributed by atoms with van der Waals surface area (Å²) in [4.78, 5) is 32.8. The summed E-state index contributed by atoms with van der Waals surface area (Å²) in [5, 5.41) is 3.12. The second-order valence-electron chi connectivity index (χ2n) is 8.57. The quantitative estimate of drug-likeness (QED) is 0.592. The molecule has 2 amide bonds. The van der Waals surface area contributed by atoms with Gasteiger partial charge in [-0.2, -0.15) is 0 Å². The van der Waals surface area contributed by atoms with Crippen molar-refractivity contribution in [3.8, 4) is 0 Å². The fourth-order valence-corrected chi connectivity index (χ4v) is 4.66. The van der Waals surface area contributed by atoms with Gasteiger partial charge in [-0.15, -0.1) is 0 Å². The highest BCUT2D eigenvalue weighted by molar-refractivity contribution is 5.95. The Morgan fingerprint density at radius 2 is 1.78 bits per heavy atom. The van der Waals surface area contributed by atoms with E-state index in [9.17, 15) is 9.59 Å². The molecular formula is C26H32N4O2. The van der Waals surface area contributed by atoms with Gasteiger partial charge >= 0.3 is 0 Å². The van der Waals surface area contributed by atoms with Crippen LogP contribution in [0.4, 0.5) is 5.69 Å². The Bertz CT molecular complexity index is 1120. The van der Waals surface area contributed by atoms with Crippen LogP contribution >= 0.6 is 0 Å². The number of carbonyl (C=O) groups is 2. The van der Waals surface area contributed by atoms with E-state index in [-0.39, 0.29) is 30.3 Å². The van der Waals surface area contributed by atoms with Crippen LogP contribution in [0.25, 0.3) is 11.0 Å². The van der Waals surface area contributed by atoms with E-state index in [0.29, 0.717) is 5.82 Å². The van der Waals surface area contributed by atoms with Gasteiger partial charge in [0.1, 0.15) is 12.4 Å². The molecule has 0 fully saturated rings. The molecule has 6 nitrogen and oxygen atoms in total. The number of hydrogen-bond acceptors (Lipinski definition) is 3. The molecule has 3 aromatic rings. The first-order chi connectivity index (χ1) is 15.5. The van der Waals surface area contributed by atoms with E-state index in [1.807, 2.05) is 72.7 Å². The minimum Gasteiger partial charge on any atom is -0.346 e. The van der Waals surface area contributed by atoms with Crippen molar-refractivity contribution >= 4 is 28.5 Å². The fraction of sp³-hybridized carbons (Fsp3) is 0.423. The molecule has 6 heteroatoms. The number of nitrogens with one attached hydrogen (secondary N) is 1. The first kappa shape index (κ1) is 22.1. The van der Waals surface area contributed by atoms with Gasteiger partial charge in [0, 0.05) is 18.2 Å². The van der Waals surface area contributed by atoms with Gasteiger partial charge in [-0.3, -0.25) is 9.59 Å². The molecule has 0 saturated carbocycles. The Morgan fingerprint density at radius 3 is 2.56 bits per heavy atom. The highest BCUT2D eigenvalue weighted by Crippen LogP contribution is 2.28. The van der Waals surface area contributed by atoms with Crippen molar-refractivity contribution in [1.82, 2.24) is 14.9 Å². The van der Waals surface area contributed by atoms with Crippen molar-refractivity contribution in [1.29, 1.82) is 0 Å². The number of anilines is 1. The molecule has 4 rings (SSSR count). The summed E-state index contributed by atoms with van der Waals surface area (Å²) in [6.07, 6.45) is 3.57. The lowest BCUT2D eigenvalue weighted by molar-refractivity contribution is -0.125. The first-order valence-electron chi connectivity index (χ1n) is 11.7. The summed E-state index contributed by atoms with van der Waals surface area (Å²) in [7, 11) is 0. The summed E-state index contributed by atoms with van der Waals surface area (Å²) < 4.78 is 1.97. The molecule has 2 heterocycles. The number of rotatable bonds is 7. The van der Waals surface area contributed by atoms with Gasteiger partial charge in [0.15, 0.2) is 0 Å². The Hall–Kier alpha value is -3.15. The van der Waals surface area contributed by atoms with E-state index in [1.165, 1.54) is 5.56 Å². The molecule has 2 aromatic carbocycles. The summed E-state index contributed by atoms with van der Waals surface area (Å²) in [6.45, 7) is 6.92. The zero-order valence-electron chi connectivity index (χ0n) is 19.2. The second-order valence-corrected chi connectivity index (χ2v) is 8.57. The lowest BCUT2D eigenvalue weighted by atomic mass is 10.0. The van der Waals surface area contributed by atoms with Crippen LogP contribution in [-0.4, -0.2) is 27.9 Å². The number of carbonyl (C=O) groups excluding carboxylic acids is 2. The predicted molar refractivity (Wildman–Crippen MR) is 127 cm³/mol. The van der Waals surface area contributed by atoms with Crippen LogP contribution < -0.4 is 10.2 Å². The van der Waals surface area contributed by atoms with Crippen LogP contribution in [-0.2, 0) is 22.6 Å². The van der Waals surface area contributed by atoms with E-state index >= 15 is 0 Å². The van der Waals surface area contributed by atoms with Gasteiger partial charge in [0.05, 0.1) is 17.1 Å². The van der Waals surface area contributed by atoms with Gasteiger partial charge in [-0.25, -0.2) is 4.98 Å². The number of imidazole rings is 1. The van der Waals surface area contributed by atoms with Crippen LogP contribution in [0, 0.1) is 5.92 Å². The third kappa shape index (κ3) is 4.27. The molecule has 0 radical (unpaired) electrons. The highest BCUT2D eigenvalue weighted by Gasteiger charge is 2.26. The Kier molecular flexibility index (Phi) is 6.58. The molecule has 32 heavy (non-hydrogen) atoms. The van der Waals surface area contributed by atoms with Crippen molar-refractivity contribution in [2.24, 2.45) is 5.92 Å². The van der Waals surface area contributed by atoms with E-state index in [0.717, 1.165) is 48.9 Å². The van der Waals surface area contributed by atoms with Crippen molar-refractivity contribution in [3.05, 3.63) is 59.9 Å². The molecule has 1 aliphatic heterocycles. The van der Waals surface area contributed by atoms with Crippen molar-refractivity contribution in [3.63, 3.8) is 0 Å². The van der Waals surface area contributed by atoms with Crippen LogP contribution in [0.15, 0.2) is 48.5 Å². The third-order valence-corrected chi connectivity index (χ3v) is 6.49. The number of aryl methyl sites for hydroxylation is 1. The van der Waals surface area contributed by atoms with E-state index in [1.54, 1.807) is 0 Å². The number of aromatic nitrogens is 2. The molecule has 0 bridgehead atoms. The van der Waals surface area contributed by atoms with E-state index in [4.69, 9.17) is 4.98 Å². The standard InChI is InChI=1S/C26H32N4O2/c1-4-19(5-2)26(32)27-18(3)25-28-21-13-7-9-15-23(21)30(25)17-24(31)29-16-10-12-20-11-6-8-14-22(20)29/h6-9,11,13-15,18-19H,4-5,10,12,16-17H2,1-3H3,(H,27,32). The highest BCUT2D eigenvalue weighted by atomic mass is 16.2. The Morgan fingerprint density at radius 1 is 1.06 bits per heavy atom. The van der Waals surface area contributed by atoms with Crippen molar-refractivity contribution < 1.29 is 9.59 Å². The van der Waals surface area contributed by atoms with Gasteiger partial charge in [-0.05, 0) is 56.4 Å². The summed E-state index contributed by atoms with van der Waals surface area (Å²) in [5.74, 6) is 0.781. The largest absolute Gasteiger partial charge is 0.346 e. The summed E-state index contributed by atoms with van der Waals surface area (Å²) in [5.41, 5.74) is 3.96. The third-order valence-electron chi connectivity index (χ3n) is 6.49. The van der Waals surface area contributed by atoms with E-state index in [2.05, 4.69) is 11.4 Å². The van der Waals surface area contributed by atoms with E-state index < -0.39 is 0 Å². The van der Waals surface area contributed by atoms with Crippen molar-refractivity contribution in [2.45, 2.75) is 59.0 Å². The zero-order valence-corrected chi connectivity index (χ0v) is 19.2. The maximum absolute atomic E-state index is 13.5. The number of benzene rings is 2. The molecule has 1 N–H and O–H groups in total. The zero-order chi connectivity index (χ0) is 22.7. The van der Waals surface area contributed by atoms with Crippen LogP contribution in [0.1, 0.15) is 57.5 Å². The van der Waals surface area contributed by atoms with Crippen LogP contribution in [0.2, 0.25) is 0 Å². The molecule has 0 spiro atoms. The van der Waals surface area contributed by atoms with Crippen LogP contribution in [0.5, 0.6) is 0 Å². The normalized spacial score (nSPS) is 14.4. The number of amides is 2. The maximum Gasteiger partial charge on any atom is 0.246 e. The minimum absolute atomic E-state index is 0.0123. The second kappa shape index (κ2) is 9.55. The topological polar surface area (TPSA) is 67.2 Å². The monoisotopic (exact) mass is 432 g/mol. The predicted octanol–water partition coefficient (Wildman–Crippen LogP) is 4.63. The molecule has 168 valence electrons. The SMILES string of the molecule is CCC(CC)C(=O)NC(C)c1nc2ccccc2n1CC(=O)N1CCCc2ccccc21. The lowest BCUT2D eigenvalue weighted by Gasteiger charge is -2.30. The Balaban J connectivity index is 1.64. The maximum atomic E-state index is 13.5. The Labute approximate surface area is 189 Å². The fourth-order valence-electron chi connectivity index (χ4n) is 4.66. The van der Waals surface area contributed by atoms with Gasteiger partial charge in [-0.1, -0.05) is 44.2 Å². The molecule has 1 aliphatic rings. The molecule has 0 aliphatic carbocycles. The smallest absolute Gasteiger partial charge is 0.246 e. The number of fused-ring (bicyclic) bond motifs is 2. The molecule has 1 unspecified atom stereocenters. The lowest BCUT2D eigenvalue weighted by Crippen LogP contribution is -2.39. The first-order valence-corrected chi connectivity index (χ1v) is 11.7. The van der Waals surface area contributed by atoms with Gasteiger partial charge in [0.25, 0.3) is 0 Å². The van der Waals surface area contributed by atoms with Gasteiger partial charge < -0.3 is 14.8 Å². The van der Waals surface area contributed by atoms with Crippen LogP contribution in [0.3, 0.4) is 0 Å². The number of para-hydroxylation sites is 3. The average molecular weight is 433 g/mol. The molecular weight excluding hydrogens is 400 g/mol. The molecule has 1 aromatic heterocycles. The minimum atomic E-state index is -0.294. The van der Waals surface area contributed by atoms with Crippen molar-refractivity contribution in [2.75, 3.05) is 11.4 Å². The molecule has 0 saturated heterocycles. The number of nitrogens with zero attached hydrogens (tertiary/aromatic N) is 3.